The van der Waals surface area contributed by atoms with Gasteiger partial charge in [0.2, 0.25) is 0 Å². The number of carboxylic acid groups (broad SMARTS) is 1. The number of aliphatic carboxylic acids is 1. The maximum Gasteiger partial charge on any atom is 0.472 e. The van der Waals surface area contributed by atoms with Crippen molar-refractivity contribution in [3.05, 3.63) is 72.9 Å². The Hall–Kier alpha value is -3.12. The summed E-state index contributed by atoms with van der Waals surface area (Å²) in [7, 11) is -4.75. The smallest absolute Gasteiger partial charge is 0.472 e. The zero-order valence-electron chi connectivity index (χ0n) is 36.0. The molecule has 59 heavy (non-hydrogen) atoms. The lowest BCUT2D eigenvalue weighted by Gasteiger charge is -2.20. The van der Waals surface area contributed by atoms with Crippen LogP contribution in [0.1, 0.15) is 155 Å². The molecule has 3 unspecified atom stereocenters. The van der Waals surface area contributed by atoms with E-state index >= 15 is 0 Å². The summed E-state index contributed by atoms with van der Waals surface area (Å²) < 4.78 is 38.4. The third-order valence-electron chi connectivity index (χ3n) is 9.33. The minimum atomic E-state index is -4.75. The molecular formula is C46H76NO11P. The van der Waals surface area contributed by atoms with E-state index in [1.807, 2.05) is 18.2 Å². The van der Waals surface area contributed by atoms with Crippen LogP contribution in [0.3, 0.4) is 0 Å². The highest BCUT2D eigenvalue weighted by atomic mass is 31.2. The number of epoxide rings is 1. The van der Waals surface area contributed by atoms with Gasteiger partial charge in [-0.2, -0.15) is 0 Å². The largest absolute Gasteiger partial charge is 0.480 e. The third kappa shape index (κ3) is 34.3. The van der Waals surface area contributed by atoms with Crippen molar-refractivity contribution in [3.63, 3.8) is 0 Å². The van der Waals surface area contributed by atoms with Crippen LogP contribution in [-0.4, -0.2) is 72.1 Å². The highest BCUT2D eigenvalue weighted by Crippen LogP contribution is 2.43. The molecule has 1 fully saturated rings. The van der Waals surface area contributed by atoms with Crippen molar-refractivity contribution < 1.29 is 52.2 Å². The van der Waals surface area contributed by atoms with Crippen LogP contribution in [0.25, 0.3) is 0 Å². The van der Waals surface area contributed by atoms with Gasteiger partial charge in [0, 0.05) is 12.8 Å². The van der Waals surface area contributed by atoms with Gasteiger partial charge in [-0.15, -0.1) is 0 Å². The zero-order valence-corrected chi connectivity index (χ0v) is 36.9. The van der Waals surface area contributed by atoms with Crippen LogP contribution in [0, 0.1) is 0 Å². The van der Waals surface area contributed by atoms with Crippen LogP contribution in [0.5, 0.6) is 0 Å². The van der Waals surface area contributed by atoms with Crippen molar-refractivity contribution in [3.8, 4) is 0 Å². The summed E-state index contributed by atoms with van der Waals surface area (Å²) in [6.45, 7) is 2.63. The van der Waals surface area contributed by atoms with Crippen molar-refractivity contribution in [1.82, 2.24) is 0 Å². The predicted octanol–water partition coefficient (Wildman–Crippen LogP) is 10.7. The molecule has 1 heterocycles. The van der Waals surface area contributed by atoms with Crippen LogP contribution in [0.15, 0.2) is 72.9 Å². The van der Waals surface area contributed by atoms with E-state index in [2.05, 4.69) is 73.1 Å². The standard InChI is InChI=1S/C46H76NO11P/c1-3-5-7-9-11-13-14-15-16-17-18-19-20-22-24-26-32-36-45(49)57-40(38-55-59(52,53)56-39-41(47)46(50)51)37-54-44(48)35-31-28-27-30-34-43-42(58-43)33-29-25-23-21-12-10-8-6-4-2/h12,15-16,18-19,21-22,24-25,27,29-30,40-43H,3-11,13-14,17,20,23,26,28,31-39,47H2,1-2H3,(H,50,51)(H,52,53)/b16-15-,19-18-,21-12-,24-22-,29-25-,30-27-/t40-,41+,42?,43?/m1/s1. The molecule has 0 spiro atoms. The second kappa shape index (κ2) is 36.7. The molecule has 0 aromatic rings. The van der Waals surface area contributed by atoms with E-state index in [1.165, 1.54) is 57.8 Å². The number of rotatable bonds is 39. The molecule has 1 aliphatic rings. The molecule has 0 bridgehead atoms. The Balaban J connectivity index is 2.38. The number of nitrogens with two attached hydrogens (primary N) is 1. The fourth-order valence-corrected chi connectivity index (χ4v) is 6.48. The third-order valence-corrected chi connectivity index (χ3v) is 10.3. The Morgan fingerprint density at radius 3 is 1.64 bits per heavy atom. The molecule has 0 radical (unpaired) electrons. The first kappa shape index (κ1) is 53.9. The highest BCUT2D eigenvalue weighted by Gasteiger charge is 2.36. The van der Waals surface area contributed by atoms with Gasteiger partial charge in [0.15, 0.2) is 6.10 Å². The van der Waals surface area contributed by atoms with E-state index in [0.29, 0.717) is 25.7 Å². The molecule has 13 heteroatoms. The molecule has 1 rings (SSSR count). The number of esters is 2. The summed E-state index contributed by atoms with van der Waals surface area (Å²) in [6, 6.07) is -1.54. The molecule has 0 aliphatic carbocycles. The van der Waals surface area contributed by atoms with Gasteiger partial charge in [-0.3, -0.25) is 23.4 Å². The first-order chi connectivity index (χ1) is 28.6. The lowest BCUT2D eigenvalue weighted by molar-refractivity contribution is -0.161. The normalized spacial score (nSPS) is 17.8. The Morgan fingerprint density at radius 1 is 0.610 bits per heavy atom. The number of allylic oxidation sites excluding steroid dienone is 10. The summed E-state index contributed by atoms with van der Waals surface area (Å²) >= 11 is 0. The summed E-state index contributed by atoms with van der Waals surface area (Å²) in [5.74, 6) is -2.54. The van der Waals surface area contributed by atoms with Crippen LogP contribution >= 0.6 is 7.82 Å². The van der Waals surface area contributed by atoms with E-state index in [1.54, 1.807) is 0 Å². The highest BCUT2D eigenvalue weighted by molar-refractivity contribution is 7.47. The summed E-state index contributed by atoms with van der Waals surface area (Å²) in [5, 5.41) is 8.89. The van der Waals surface area contributed by atoms with Gasteiger partial charge in [-0.1, -0.05) is 132 Å². The minimum absolute atomic E-state index is 0.0707. The predicted molar refractivity (Wildman–Crippen MR) is 235 cm³/mol. The van der Waals surface area contributed by atoms with E-state index in [0.717, 1.165) is 44.9 Å². The van der Waals surface area contributed by atoms with Gasteiger partial charge >= 0.3 is 25.7 Å². The average molecular weight is 850 g/mol. The van der Waals surface area contributed by atoms with Gasteiger partial charge in [-0.05, 0) is 83.5 Å². The van der Waals surface area contributed by atoms with Crippen molar-refractivity contribution in [2.45, 2.75) is 179 Å². The van der Waals surface area contributed by atoms with Gasteiger partial charge in [-0.25, -0.2) is 4.57 Å². The Kier molecular flexibility index (Phi) is 33.5. The van der Waals surface area contributed by atoms with Crippen molar-refractivity contribution in [2.75, 3.05) is 19.8 Å². The van der Waals surface area contributed by atoms with Crippen LogP contribution in [0.4, 0.5) is 0 Å². The number of ether oxygens (including phenoxy) is 3. The maximum absolute atomic E-state index is 12.6. The SMILES string of the molecule is CCCCC/C=C\C/C=C\CC1OC1C/C=C\CCCC(=O)OC[C@H](COP(=O)(O)OC[C@H](N)C(=O)O)OC(=O)CCC/C=C\C/C=C\C/C=C\CCCCCCCC. The number of phosphoric ester groups is 1. The Bertz CT molecular complexity index is 1340. The minimum Gasteiger partial charge on any atom is -0.480 e. The quantitative estimate of drug-likeness (QED) is 0.0175. The Morgan fingerprint density at radius 2 is 1.05 bits per heavy atom. The number of hydrogen-bond donors (Lipinski definition) is 3. The van der Waals surface area contributed by atoms with Crippen molar-refractivity contribution >= 4 is 25.7 Å². The summed E-state index contributed by atoms with van der Waals surface area (Å²) in [6.07, 6.45) is 45.8. The molecule has 0 aromatic heterocycles. The maximum atomic E-state index is 12.6. The van der Waals surface area contributed by atoms with Crippen molar-refractivity contribution in [2.24, 2.45) is 5.73 Å². The van der Waals surface area contributed by atoms with E-state index in [-0.39, 0.29) is 25.0 Å². The number of hydrogen-bond acceptors (Lipinski definition) is 10. The average Bonchev–Trinajstić information content (AvgIpc) is 3.97. The number of phosphoric acid groups is 1. The topological polar surface area (TPSA) is 184 Å². The van der Waals surface area contributed by atoms with Gasteiger partial charge in [0.1, 0.15) is 12.6 Å². The van der Waals surface area contributed by atoms with Crippen LogP contribution in [-0.2, 0) is 42.2 Å². The van der Waals surface area contributed by atoms with Crippen molar-refractivity contribution in [1.29, 1.82) is 0 Å². The number of carbonyl (C=O) groups excluding carboxylic acids is 2. The van der Waals surface area contributed by atoms with Crippen LogP contribution < -0.4 is 5.73 Å². The van der Waals surface area contributed by atoms with E-state index in [9.17, 15) is 23.8 Å². The first-order valence-corrected chi connectivity index (χ1v) is 23.6. The Labute approximate surface area is 355 Å². The monoisotopic (exact) mass is 850 g/mol. The molecule has 12 nitrogen and oxygen atoms in total. The second-order valence-electron chi connectivity index (χ2n) is 14.9. The fraction of sp³-hybridized carbons (Fsp3) is 0.674. The molecule has 1 aliphatic heterocycles. The van der Waals surface area contributed by atoms with Crippen LogP contribution in [0.2, 0.25) is 0 Å². The summed E-state index contributed by atoms with van der Waals surface area (Å²) in [5.41, 5.74) is 5.33. The van der Waals surface area contributed by atoms with E-state index < -0.39 is 57.7 Å². The number of carbonyl (C=O) groups is 3. The number of unbranched alkanes of at least 4 members (excludes halogenated alkanes) is 11. The first-order valence-electron chi connectivity index (χ1n) is 22.1. The second-order valence-corrected chi connectivity index (χ2v) is 16.3. The molecular weight excluding hydrogens is 773 g/mol. The van der Waals surface area contributed by atoms with Gasteiger partial charge in [0.25, 0.3) is 0 Å². The molecule has 0 amide bonds. The molecule has 5 atom stereocenters. The van der Waals surface area contributed by atoms with Gasteiger partial charge < -0.3 is 29.9 Å². The lowest BCUT2D eigenvalue weighted by Crippen LogP contribution is -2.34. The zero-order chi connectivity index (χ0) is 43.2. The summed E-state index contributed by atoms with van der Waals surface area (Å²) in [4.78, 5) is 46.0. The molecule has 1 saturated heterocycles. The molecule has 0 aromatic carbocycles. The van der Waals surface area contributed by atoms with Gasteiger partial charge in [0.05, 0.1) is 25.4 Å². The number of carboxylic acids is 1. The fourth-order valence-electron chi connectivity index (χ4n) is 5.70. The molecule has 0 saturated carbocycles. The lowest BCUT2D eigenvalue weighted by atomic mass is 10.1. The molecule has 4 N–H and O–H groups in total. The molecule has 336 valence electrons. The van der Waals surface area contributed by atoms with E-state index in [4.69, 9.17) is 29.6 Å².